The molecular formula is C83H62N6O2. The molecule has 0 heterocycles. The van der Waals surface area contributed by atoms with E-state index >= 15 is 0 Å². The molecule has 0 amide bonds. The second-order valence-corrected chi connectivity index (χ2v) is 22.2. The molecule has 436 valence electrons. The lowest BCUT2D eigenvalue weighted by Crippen LogP contribution is -2.10. The third-order valence-corrected chi connectivity index (χ3v) is 16.7. The molecule has 0 N–H and O–H groups in total. The molecule has 0 radical (unpaired) electrons. The Morgan fingerprint density at radius 2 is 0.615 bits per heavy atom. The molecule has 14 aromatic carbocycles. The highest BCUT2D eigenvalue weighted by molar-refractivity contribution is 6.01. The SMILES string of the molecule is CN(c1ccc(-c2ccc(N(c3cccc(-c4ccccc4)c3)c3cccc4ccccc34)cc2)cc1)c1cccc([N+](=O)[O-])c1.CN(c1ccc(C#N)cc1)c1ccc(-c2ccc(N(c3cccc(-c4ccccc4)c3)c3cccc4ccccc34)cc2)cc1. The summed E-state index contributed by atoms with van der Waals surface area (Å²) in [6.45, 7) is 0. The van der Waals surface area contributed by atoms with E-state index in [4.69, 9.17) is 5.26 Å². The first-order valence-electron chi connectivity index (χ1n) is 30.2. The Hall–Kier alpha value is -12.3. The summed E-state index contributed by atoms with van der Waals surface area (Å²) in [6.07, 6.45) is 0. The van der Waals surface area contributed by atoms with Crippen LogP contribution in [0, 0.1) is 21.4 Å². The Bertz CT molecular complexity index is 4870. The number of hydrogen-bond donors (Lipinski definition) is 0. The first-order chi connectivity index (χ1) is 44.7. The van der Waals surface area contributed by atoms with Gasteiger partial charge in [-0.25, -0.2) is 0 Å². The summed E-state index contributed by atoms with van der Waals surface area (Å²) < 4.78 is 0. The fourth-order valence-electron chi connectivity index (χ4n) is 11.8. The summed E-state index contributed by atoms with van der Waals surface area (Å²) in [5.41, 5.74) is 20.4. The fourth-order valence-corrected chi connectivity index (χ4v) is 11.8. The number of nitro benzene ring substituents is 1. The van der Waals surface area contributed by atoms with Crippen LogP contribution in [0.25, 0.3) is 66.1 Å². The number of fused-ring (bicyclic) bond motifs is 2. The molecule has 0 saturated heterocycles. The van der Waals surface area contributed by atoms with Gasteiger partial charge in [0.05, 0.1) is 27.9 Å². The topological polar surface area (TPSA) is 79.9 Å². The number of hydrogen-bond acceptors (Lipinski definition) is 7. The normalized spacial score (nSPS) is 10.8. The Kier molecular flexibility index (Phi) is 16.7. The summed E-state index contributed by atoms with van der Waals surface area (Å²) in [4.78, 5) is 19.6. The molecule has 0 atom stereocenters. The van der Waals surface area contributed by atoms with Crippen LogP contribution >= 0.6 is 0 Å². The zero-order chi connectivity index (χ0) is 62.0. The average molecular weight is 1180 g/mol. The van der Waals surface area contributed by atoms with Crippen molar-refractivity contribution in [1.82, 2.24) is 0 Å². The maximum atomic E-state index is 11.3. The molecule has 0 aliphatic carbocycles. The van der Waals surface area contributed by atoms with Crippen LogP contribution < -0.4 is 19.6 Å². The summed E-state index contributed by atoms with van der Waals surface area (Å²) >= 11 is 0. The van der Waals surface area contributed by atoms with Crippen LogP contribution in [0.5, 0.6) is 0 Å². The van der Waals surface area contributed by atoms with Gasteiger partial charge in [-0.15, -0.1) is 0 Å². The molecule has 0 aliphatic heterocycles. The van der Waals surface area contributed by atoms with Gasteiger partial charge in [0.25, 0.3) is 5.69 Å². The Labute approximate surface area is 531 Å². The molecule has 0 aromatic heterocycles. The molecule has 0 aliphatic rings. The van der Waals surface area contributed by atoms with Crippen molar-refractivity contribution in [1.29, 1.82) is 5.26 Å². The van der Waals surface area contributed by atoms with Crippen molar-refractivity contribution >= 4 is 84.1 Å². The minimum Gasteiger partial charge on any atom is -0.345 e. The van der Waals surface area contributed by atoms with Gasteiger partial charge in [-0.05, 0) is 171 Å². The number of non-ortho nitro benzene ring substituents is 1. The quantitative estimate of drug-likeness (QED) is 0.0747. The van der Waals surface area contributed by atoms with E-state index in [1.807, 2.05) is 67.5 Å². The predicted molar refractivity (Wildman–Crippen MR) is 379 cm³/mol. The number of benzene rings is 14. The van der Waals surface area contributed by atoms with Crippen LogP contribution in [0.4, 0.5) is 62.6 Å². The molecule has 8 nitrogen and oxygen atoms in total. The lowest BCUT2D eigenvalue weighted by Gasteiger charge is -2.27. The minimum atomic E-state index is -0.370. The van der Waals surface area contributed by atoms with Crippen LogP contribution in [0.15, 0.2) is 340 Å². The van der Waals surface area contributed by atoms with Crippen molar-refractivity contribution in [2.75, 3.05) is 33.7 Å². The summed E-state index contributed by atoms with van der Waals surface area (Å²) in [5, 5.41) is 25.2. The zero-order valence-electron chi connectivity index (χ0n) is 50.3. The van der Waals surface area contributed by atoms with E-state index < -0.39 is 0 Å². The van der Waals surface area contributed by atoms with E-state index in [9.17, 15) is 10.1 Å². The standard InChI is InChI=1S/C42H31N3.C41H31N3O2/c1-44(37-23-17-31(30-43)18-24-37)38-25-19-33(20-26-38)34-21-27-39(28-22-34)45(42-16-8-12-35-11-5-6-15-41(35)42)40-14-7-13-36(29-40)32-9-3-2-4-10-32;1-42(37-15-9-17-39(29-37)44(45)46)35-24-20-31(21-25-35)32-22-26-36(27-23-32)43(41-19-8-13-33-12-5-6-18-40(33)41)38-16-7-14-34(28-38)30-10-3-2-4-11-30/h2-29H,1H3;2-29H,1H3. The summed E-state index contributed by atoms with van der Waals surface area (Å²) in [7, 11) is 3.96. The fraction of sp³-hybridized carbons (Fsp3) is 0.0241. The van der Waals surface area contributed by atoms with Crippen LogP contribution in [0.2, 0.25) is 0 Å². The van der Waals surface area contributed by atoms with Crippen molar-refractivity contribution in [3.8, 4) is 50.6 Å². The Morgan fingerprint density at radius 1 is 0.297 bits per heavy atom. The average Bonchev–Trinajstić information content (AvgIpc) is 1.06. The molecule has 0 bridgehead atoms. The van der Waals surface area contributed by atoms with Gasteiger partial charge < -0.3 is 19.6 Å². The maximum absolute atomic E-state index is 11.3. The molecule has 91 heavy (non-hydrogen) atoms. The monoisotopic (exact) mass is 1170 g/mol. The lowest BCUT2D eigenvalue weighted by molar-refractivity contribution is -0.384. The molecule has 0 unspecified atom stereocenters. The van der Waals surface area contributed by atoms with Crippen molar-refractivity contribution in [3.63, 3.8) is 0 Å². The van der Waals surface area contributed by atoms with E-state index in [1.165, 1.54) is 44.3 Å². The summed E-state index contributed by atoms with van der Waals surface area (Å²) in [5.74, 6) is 0. The van der Waals surface area contributed by atoms with Crippen LogP contribution in [0.1, 0.15) is 5.56 Å². The molecule has 14 rings (SSSR count). The largest absolute Gasteiger partial charge is 0.345 e. The number of nitriles is 1. The highest BCUT2D eigenvalue weighted by atomic mass is 16.6. The molecule has 0 spiro atoms. The van der Waals surface area contributed by atoms with E-state index in [2.05, 4.69) is 294 Å². The Balaban J connectivity index is 0.000000167. The number of nitrogens with zero attached hydrogens (tertiary/aromatic N) is 6. The molecular weight excluding hydrogens is 1110 g/mol. The molecule has 14 aromatic rings. The van der Waals surface area contributed by atoms with Gasteiger partial charge in [0, 0.05) is 82.5 Å². The molecule has 0 saturated carbocycles. The second-order valence-electron chi connectivity index (χ2n) is 22.2. The number of nitro groups is 1. The molecule has 0 fully saturated rings. The van der Waals surface area contributed by atoms with Gasteiger partial charge in [0.15, 0.2) is 0 Å². The highest BCUT2D eigenvalue weighted by Crippen LogP contribution is 2.43. The van der Waals surface area contributed by atoms with Gasteiger partial charge in [-0.3, -0.25) is 10.1 Å². The van der Waals surface area contributed by atoms with E-state index in [0.29, 0.717) is 5.56 Å². The highest BCUT2D eigenvalue weighted by Gasteiger charge is 2.19. The van der Waals surface area contributed by atoms with Crippen molar-refractivity contribution < 1.29 is 4.92 Å². The third kappa shape index (κ3) is 12.6. The Morgan fingerprint density at radius 3 is 1.03 bits per heavy atom. The lowest BCUT2D eigenvalue weighted by atomic mass is 10.0. The first kappa shape index (κ1) is 57.7. The van der Waals surface area contributed by atoms with Crippen molar-refractivity contribution in [2.45, 2.75) is 0 Å². The third-order valence-electron chi connectivity index (χ3n) is 16.7. The maximum Gasteiger partial charge on any atom is 0.271 e. The van der Waals surface area contributed by atoms with Crippen LogP contribution in [-0.4, -0.2) is 19.0 Å². The van der Waals surface area contributed by atoms with Crippen LogP contribution in [-0.2, 0) is 0 Å². The van der Waals surface area contributed by atoms with Gasteiger partial charge in [0.2, 0.25) is 0 Å². The van der Waals surface area contributed by atoms with Gasteiger partial charge in [0.1, 0.15) is 0 Å². The predicted octanol–water partition coefficient (Wildman–Crippen LogP) is 22.6. The van der Waals surface area contributed by atoms with Crippen molar-refractivity contribution in [2.24, 2.45) is 0 Å². The van der Waals surface area contributed by atoms with E-state index in [1.54, 1.807) is 12.1 Å². The second kappa shape index (κ2) is 26.3. The van der Waals surface area contributed by atoms with E-state index in [-0.39, 0.29) is 10.6 Å². The van der Waals surface area contributed by atoms with E-state index in [0.717, 1.165) is 84.7 Å². The van der Waals surface area contributed by atoms with Gasteiger partial charge >= 0.3 is 0 Å². The first-order valence-corrected chi connectivity index (χ1v) is 30.2. The number of anilines is 10. The molecule has 8 heteroatoms. The van der Waals surface area contributed by atoms with Gasteiger partial charge in [-0.1, -0.05) is 212 Å². The van der Waals surface area contributed by atoms with Gasteiger partial charge in [-0.2, -0.15) is 5.26 Å². The minimum absolute atomic E-state index is 0.0744. The zero-order valence-corrected chi connectivity index (χ0v) is 50.3. The van der Waals surface area contributed by atoms with Crippen molar-refractivity contribution in [3.05, 3.63) is 355 Å². The smallest absolute Gasteiger partial charge is 0.271 e. The number of rotatable bonds is 15. The summed E-state index contributed by atoms with van der Waals surface area (Å²) in [6, 6.07) is 119. The van der Waals surface area contributed by atoms with Crippen LogP contribution in [0.3, 0.4) is 0 Å².